The fourth-order valence-corrected chi connectivity index (χ4v) is 3.94. The highest BCUT2D eigenvalue weighted by Gasteiger charge is 2.32. The molecule has 0 aliphatic heterocycles. The van der Waals surface area contributed by atoms with Crippen LogP contribution >= 0.6 is 0 Å². The van der Waals surface area contributed by atoms with Gasteiger partial charge in [0.15, 0.2) is 9.84 Å². The molecule has 0 heterocycles. The molecule has 0 aliphatic carbocycles. The van der Waals surface area contributed by atoms with Crippen LogP contribution in [0.4, 0.5) is 13.2 Å². The zero-order chi connectivity index (χ0) is 20.9. The van der Waals surface area contributed by atoms with Gasteiger partial charge in [-0.05, 0) is 57.2 Å². The Morgan fingerprint density at radius 1 is 1.04 bits per heavy atom. The minimum absolute atomic E-state index is 0.0458. The maximum Gasteiger partial charge on any atom is 0.416 e. The molecule has 0 aromatic heterocycles. The van der Waals surface area contributed by atoms with Crippen molar-refractivity contribution in [3.05, 3.63) is 34.9 Å². The van der Waals surface area contributed by atoms with Crippen molar-refractivity contribution >= 4 is 15.6 Å². The topological polar surface area (TPSA) is 51.2 Å². The van der Waals surface area contributed by atoms with Crippen LogP contribution in [0.3, 0.4) is 0 Å². The summed E-state index contributed by atoms with van der Waals surface area (Å²) in [6.45, 7) is 6.66. The van der Waals surface area contributed by atoms with Gasteiger partial charge in [-0.2, -0.15) is 13.2 Å². The Hall–Kier alpha value is -1.37. The summed E-state index contributed by atoms with van der Waals surface area (Å²) >= 11 is 0. The highest BCUT2D eigenvalue weighted by atomic mass is 32.2. The predicted molar refractivity (Wildman–Crippen MR) is 102 cm³/mol. The predicted octanol–water partition coefficient (Wildman–Crippen LogP) is 5.15. The van der Waals surface area contributed by atoms with E-state index in [2.05, 4.69) is 0 Å². The second-order valence-corrected chi connectivity index (χ2v) is 10.7. The molecule has 0 bridgehead atoms. The molecule has 3 nitrogen and oxygen atoms in total. The van der Waals surface area contributed by atoms with Crippen molar-refractivity contribution in [3.8, 4) is 0 Å². The lowest BCUT2D eigenvalue weighted by Crippen LogP contribution is -2.30. The largest absolute Gasteiger partial charge is 0.416 e. The van der Waals surface area contributed by atoms with Crippen LogP contribution in [0.25, 0.3) is 0 Å². The number of unbranched alkanes of at least 4 members (excludes halogenated alkanes) is 2. The van der Waals surface area contributed by atoms with Gasteiger partial charge in [-0.3, -0.25) is 4.79 Å². The van der Waals surface area contributed by atoms with Gasteiger partial charge in [-0.15, -0.1) is 0 Å². The fourth-order valence-electron chi connectivity index (χ4n) is 2.74. The first-order valence-corrected chi connectivity index (χ1v) is 10.9. The number of aryl methyl sites for hydroxylation is 1. The first-order valence-electron chi connectivity index (χ1n) is 9.21. The van der Waals surface area contributed by atoms with E-state index in [1.54, 1.807) is 27.7 Å². The third-order valence-corrected chi connectivity index (χ3v) is 7.25. The van der Waals surface area contributed by atoms with Crippen molar-refractivity contribution in [2.75, 3.05) is 5.75 Å². The zero-order valence-corrected chi connectivity index (χ0v) is 17.3. The van der Waals surface area contributed by atoms with Crippen LogP contribution in [0, 0.1) is 0 Å². The van der Waals surface area contributed by atoms with Gasteiger partial charge >= 0.3 is 6.18 Å². The van der Waals surface area contributed by atoms with Crippen LogP contribution in [0.1, 0.15) is 70.1 Å². The van der Waals surface area contributed by atoms with Gasteiger partial charge in [0.25, 0.3) is 0 Å². The van der Waals surface area contributed by atoms with Crippen molar-refractivity contribution in [1.82, 2.24) is 0 Å². The van der Waals surface area contributed by atoms with Crippen molar-refractivity contribution in [3.63, 3.8) is 0 Å². The van der Waals surface area contributed by atoms with Gasteiger partial charge in [-0.25, -0.2) is 8.42 Å². The Labute approximate surface area is 160 Å². The van der Waals surface area contributed by atoms with Crippen molar-refractivity contribution < 1.29 is 26.4 Å². The molecule has 154 valence electrons. The molecule has 0 saturated heterocycles. The lowest BCUT2D eigenvalue weighted by molar-refractivity contribution is -0.138. The third kappa shape index (κ3) is 7.28. The quantitative estimate of drug-likeness (QED) is 0.533. The average molecular weight is 407 g/mol. The third-order valence-electron chi connectivity index (χ3n) is 4.56. The van der Waals surface area contributed by atoms with Crippen LogP contribution in [0.15, 0.2) is 18.2 Å². The number of sulfone groups is 1. The van der Waals surface area contributed by atoms with Gasteiger partial charge in [0.2, 0.25) is 0 Å². The standard InChI is InChI=1S/C20H29F3O3S/c1-5-16-13-15(10-11-18(16)20(21,22)23)14-17(24)9-7-6-8-12-27(25,26)19(2,3)4/h10-11,13H,5-9,12,14H2,1-4H3. The number of hydrogen-bond donors (Lipinski definition) is 0. The monoisotopic (exact) mass is 406 g/mol. The van der Waals surface area contributed by atoms with E-state index in [1.807, 2.05) is 0 Å². The van der Waals surface area contributed by atoms with E-state index in [4.69, 9.17) is 0 Å². The molecule has 0 radical (unpaired) electrons. The summed E-state index contributed by atoms with van der Waals surface area (Å²) in [6.07, 6.45) is -2.01. The van der Waals surface area contributed by atoms with Crippen LogP contribution in [-0.4, -0.2) is 24.7 Å². The van der Waals surface area contributed by atoms with Gasteiger partial charge in [0.05, 0.1) is 16.1 Å². The average Bonchev–Trinajstić information content (AvgIpc) is 2.52. The van der Waals surface area contributed by atoms with Crippen LogP contribution in [-0.2, 0) is 33.6 Å². The van der Waals surface area contributed by atoms with Crippen LogP contribution in [0.5, 0.6) is 0 Å². The second-order valence-electron chi connectivity index (χ2n) is 7.80. The molecular weight excluding hydrogens is 377 g/mol. The molecule has 0 amide bonds. The molecule has 0 aliphatic rings. The Balaban J connectivity index is 2.50. The normalized spacial score (nSPS) is 13.0. The Bertz CT molecular complexity index is 745. The number of ketones is 1. The Kier molecular flexibility index (Phi) is 8.08. The van der Waals surface area contributed by atoms with Crippen LogP contribution in [0.2, 0.25) is 0 Å². The zero-order valence-electron chi connectivity index (χ0n) is 16.4. The van der Waals surface area contributed by atoms with Gasteiger partial charge in [0, 0.05) is 12.8 Å². The van der Waals surface area contributed by atoms with Gasteiger partial charge in [-0.1, -0.05) is 25.5 Å². The lowest BCUT2D eigenvalue weighted by Gasteiger charge is -2.18. The molecule has 1 rings (SSSR count). The van der Waals surface area contributed by atoms with Crippen molar-refractivity contribution in [1.29, 1.82) is 0 Å². The summed E-state index contributed by atoms with van der Waals surface area (Å²) in [4.78, 5) is 12.1. The summed E-state index contributed by atoms with van der Waals surface area (Å²) in [6, 6.07) is 3.85. The molecule has 0 unspecified atom stereocenters. The first-order chi connectivity index (χ1) is 12.3. The van der Waals surface area contributed by atoms with Crippen LogP contribution < -0.4 is 0 Å². The molecular formula is C20H29F3O3S. The number of carbonyl (C=O) groups is 1. The maximum absolute atomic E-state index is 12.9. The molecule has 0 spiro atoms. The molecule has 0 fully saturated rings. The van der Waals surface area contributed by atoms with E-state index >= 15 is 0 Å². The molecule has 27 heavy (non-hydrogen) atoms. The second kappa shape index (κ2) is 9.22. The minimum atomic E-state index is -4.39. The van der Waals surface area contributed by atoms with E-state index < -0.39 is 26.3 Å². The molecule has 0 N–H and O–H groups in total. The number of alkyl halides is 3. The number of Topliss-reactive ketones (excluding diaryl/α,β-unsaturated/α-hetero) is 1. The Morgan fingerprint density at radius 2 is 1.67 bits per heavy atom. The SMILES string of the molecule is CCc1cc(CC(=O)CCCCCS(=O)(=O)C(C)(C)C)ccc1C(F)(F)F. The van der Waals surface area contributed by atoms with Gasteiger partial charge in [0.1, 0.15) is 5.78 Å². The number of hydrogen-bond acceptors (Lipinski definition) is 3. The highest BCUT2D eigenvalue weighted by Crippen LogP contribution is 2.32. The summed E-state index contributed by atoms with van der Waals surface area (Å²) in [5.41, 5.74) is 0.126. The summed E-state index contributed by atoms with van der Waals surface area (Å²) < 4.78 is 62.0. The fraction of sp³-hybridized carbons (Fsp3) is 0.650. The number of carbonyl (C=O) groups excluding carboxylic acids is 1. The van der Waals surface area contributed by atoms with Crippen molar-refractivity contribution in [2.24, 2.45) is 0 Å². The Morgan fingerprint density at radius 3 is 2.19 bits per heavy atom. The van der Waals surface area contributed by atoms with E-state index in [0.717, 1.165) is 6.07 Å². The van der Waals surface area contributed by atoms with Gasteiger partial charge < -0.3 is 0 Å². The molecule has 1 aromatic carbocycles. The lowest BCUT2D eigenvalue weighted by atomic mass is 9.97. The van der Waals surface area contributed by atoms with E-state index in [9.17, 15) is 26.4 Å². The smallest absolute Gasteiger partial charge is 0.299 e. The molecule has 0 atom stereocenters. The van der Waals surface area contributed by atoms with E-state index in [0.29, 0.717) is 31.2 Å². The number of benzene rings is 1. The van der Waals surface area contributed by atoms with E-state index in [-0.39, 0.29) is 29.9 Å². The first kappa shape index (κ1) is 23.7. The minimum Gasteiger partial charge on any atom is -0.299 e. The van der Waals surface area contributed by atoms with E-state index in [1.165, 1.54) is 12.1 Å². The van der Waals surface area contributed by atoms with Crippen molar-refractivity contribution in [2.45, 2.75) is 77.1 Å². The molecule has 7 heteroatoms. The molecule has 0 saturated carbocycles. The summed E-state index contributed by atoms with van der Waals surface area (Å²) in [5.74, 6) is 0.0548. The highest BCUT2D eigenvalue weighted by molar-refractivity contribution is 7.92. The number of rotatable bonds is 9. The maximum atomic E-state index is 12.9. The summed E-state index contributed by atoms with van der Waals surface area (Å²) in [7, 11) is -3.15. The number of halogens is 3. The molecule has 1 aromatic rings. The summed E-state index contributed by atoms with van der Waals surface area (Å²) in [5, 5.41) is 0.